The third kappa shape index (κ3) is 3.71. The highest BCUT2D eigenvalue weighted by Gasteiger charge is 2.09. The molecule has 0 atom stereocenters. The fourth-order valence-corrected chi connectivity index (χ4v) is 2.03. The van der Waals surface area contributed by atoms with Crippen molar-refractivity contribution in [3.05, 3.63) is 53.9 Å². The maximum absolute atomic E-state index is 5.57. The van der Waals surface area contributed by atoms with Crippen molar-refractivity contribution in [1.82, 2.24) is 10.3 Å². The first kappa shape index (κ1) is 14.3. The lowest BCUT2D eigenvalue weighted by molar-refractivity contribution is 0.308. The minimum Gasteiger partial charge on any atom is -0.493 e. The van der Waals surface area contributed by atoms with E-state index in [0.29, 0.717) is 13.2 Å². The molecule has 0 saturated carbocycles. The zero-order valence-corrected chi connectivity index (χ0v) is 11.9. The van der Waals surface area contributed by atoms with Gasteiger partial charge in [0.25, 0.3) is 0 Å². The van der Waals surface area contributed by atoms with E-state index in [4.69, 9.17) is 9.47 Å². The van der Waals surface area contributed by atoms with Gasteiger partial charge in [-0.2, -0.15) is 0 Å². The van der Waals surface area contributed by atoms with E-state index in [9.17, 15) is 0 Å². The van der Waals surface area contributed by atoms with Crippen LogP contribution in [0, 0.1) is 0 Å². The number of hydrogen-bond donors (Lipinski definition) is 1. The molecule has 1 N–H and O–H groups in total. The molecule has 0 radical (unpaired) electrons. The Bertz CT molecular complexity index is 529. The van der Waals surface area contributed by atoms with Crippen molar-refractivity contribution in [2.75, 3.05) is 13.7 Å². The second kappa shape index (κ2) is 7.50. The first-order valence-corrected chi connectivity index (χ1v) is 6.74. The summed E-state index contributed by atoms with van der Waals surface area (Å²) in [5.74, 6) is 1.58. The van der Waals surface area contributed by atoms with Crippen molar-refractivity contribution in [3.63, 3.8) is 0 Å². The van der Waals surface area contributed by atoms with Crippen molar-refractivity contribution >= 4 is 0 Å². The van der Waals surface area contributed by atoms with Crippen LogP contribution in [0.15, 0.2) is 42.6 Å². The summed E-state index contributed by atoms with van der Waals surface area (Å²) in [4.78, 5) is 4.28. The molecule has 20 heavy (non-hydrogen) atoms. The lowest BCUT2D eigenvalue weighted by Gasteiger charge is -2.14. The number of rotatable bonds is 7. The van der Waals surface area contributed by atoms with Gasteiger partial charge in [-0.1, -0.05) is 18.2 Å². The highest BCUT2D eigenvalue weighted by atomic mass is 16.5. The van der Waals surface area contributed by atoms with E-state index < -0.39 is 0 Å². The molecule has 0 amide bonds. The van der Waals surface area contributed by atoms with Crippen LogP contribution in [0.2, 0.25) is 0 Å². The summed E-state index contributed by atoms with van der Waals surface area (Å²) in [6, 6.07) is 11.8. The van der Waals surface area contributed by atoms with Crippen molar-refractivity contribution in [1.29, 1.82) is 0 Å². The molecule has 1 heterocycles. The van der Waals surface area contributed by atoms with Gasteiger partial charge in [0.15, 0.2) is 11.5 Å². The maximum Gasteiger partial charge on any atom is 0.165 e. The Hall–Kier alpha value is -2.07. The molecule has 0 saturated heterocycles. The molecule has 0 bridgehead atoms. The van der Waals surface area contributed by atoms with E-state index in [1.165, 1.54) is 0 Å². The molecule has 0 fully saturated rings. The molecule has 2 aromatic rings. The molecular weight excluding hydrogens is 252 g/mol. The summed E-state index contributed by atoms with van der Waals surface area (Å²) in [7, 11) is 1.67. The van der Waals surface area contributed by atoms with Crippen LogP contribution in [-0.4, -0.2) is 18.7 Å². The van der Waals surface area contributed by atoms with E-state index in [2.05, 4.69) is 10.3 Å². The molecule has 2 rings (SSSR count). The normalized spacial score (nSPS) is 10.3. The predicted octanol–water partition coefficient (Wildman–Crippen LogP) is 2.78. The molecular formula is C16H20N2O2. The Labute approximate surface area is 119 Å². The number of pyridine rings is 1. The van der Waals surface area contributed by atoms with E-state index in [1.807, 2.05) is 43.3 Å². The Balaban J connectivity index is 2.00. The van der Waals surface area contributed by atoms with Crippen LogP contribution in [0.5, 0.6) is 11.5 Å². The standard InChI is InChI=1S/C16H20N2O2/c1-3-20-15-9-6-7-13(16(15)19-2)11-17-12-14-8-4-5-10-18-14/h4-10,17H,3,11-12H2,1-2H3. The van der Waals surface area contributed by atoms with Gasteiger partial charge in [0.1, 0.15) is 0 Å². The van der Waals surface area contributed by atoms with Crippen molar-refractivity contribution in [2.45, 2.75) is 20.0 Å². The largest absolute Gasteiger partial charge is 0.493 e. The van der Waals surface area contributed by atoms with Gasteiger partial charge in [-0.05, 0) is 25.1 Å². The predicted molar refractivity (Wildman–Crippen MR) is 78.9 cm³/mol. The molecule has 1 aromatic carbocycles. The van der Waals surface area contributed by atoms with Gasteiger partial charge in [0.05, 0.1) is 19.4 Å². The third-order valence-electron chi connectivity index (χ3n) is 2.91. The summed E-state index contributed by atoms with van der Waals surface area (Å²) < 4.78 is 11.0. The molecule has 0 aliphatic heterocycles. The average Bonchev–Trinajstić information content (AvgIpc) is 2.49. The highest BCUT2D eigenvalue weighted by molar-refractivity contribution is 5.46. The number of para-hydroxylation sites is 1. The highest BCUT2D eigenvalue weighted by Crippen LogP contribution is 2.30. The van der Waals surface area contributed by atoms with Crippen LogP contribution < -0.4 is 14.8 Å². The Morgan fingerprint density at radius 3 is 2.70 bits per heavy atom. The van der Waals surface area contributed by atoms with Crippen LogP contribution in [0.25, 0.3) is 0 Å². The summed E-state index contributed by atoms with van der Waals surface area (Å²) in [5, 5.41) is 3.36. The number of hydrogen-bond acceptors (Lipinski definition) is 4. The van der Waals surface area contributed by atoms with E-state index in [0.717, 1.165) is 29.3 Å². The van der Waals surface area contributed by atoms with Crippen molar-refractivity contribution in [3.8, 4) is 11.5 Å². The number of benzene rings is 1. The second-order valence-electron chi connectivity index (χ2n) is 4.31. The number of aromatic nitrogens is 1. The molecule has 4 heteroatoms. The summed E-state index contributed by atoms with van der Waals surface area (Å²) in [6.07, 6.45) is 1.80. The van der Waals surface area contributed by atoms with Crippen LogP contribution in [0.1, 0.15) is 18.2 Å². The number of nitrogens with zero attached hydrogens (tertiary/aromatic N) is 1. The van der Waals surface area contributed by atoms with Gasteiger partial charge in [-0.3, -0.25) is 4.98 Å². The lowest BCUT2D eigenvalue weighted by Crippen LogP contribution is -2.14. The zero-order chi connectivity index (χ0) is 14.2. The molecule has 1 aromatic heterocycles. The maximum atomic E-state index is 5.57. The summed E-state index contributed by atoms with van der Waals surface area (Å²) >= 11 is 0. The Morgan fingerprint density at radius 1 is 1.10 bits per heavy atom. The van der Waals surface area contributed by atoms with E-state index >= 15 is 0 Å². The van der Waals surface area contributed by atoms with Gasteiger partial charge in [-0.25, -0.2) is 0 Å². The molecule has 0 aliphatic carbocycles. The monoisotopic (exact) mass is 272 g/mol. The smallest absolute Gasteiger partial charge is 0.165 e. The van der Waals surface area contributed by atoms with Crippen molar-refractivity contribution in [2.24, 2.45) is 0 Å². The summed E-state index contributed by atoms with van der Waals surface area (Å²) in [6.45, 7) is 4.02. The van der Waals surface area contributed by atoms with Gasteiger partial charge in [0.2, 0.25) is 0 Å². The quantitative estimate of drug-likeness (QED) is 0.841. The third-order valence-corrected chi connectivity index (χ3v) is 2.91. The number of ether oxygens (including phenoxy) is 2. The fraction of sp³-hybridized carbons (Fsp3) is 0.312. The van der Waals surface area contributed by atoms with Crippen LogP contribution in [0.4, 0.5) is 0 Å². The molecule has 0 spiro atoms. The topological polar surface area (TPSA) is 43.4 Å². The molecule has 4 nitrogen and oxygen atoms in total. The van der Waals surface area contributed by atoms with Crippen LogP contribution in [-0.2, 0) is 13.1 Å². The Kier molecular flexibility index (Phi) is 5.38. The van der Waals surface area contributed by atoms with Crippen LogP contribution in [0.3, 0.4) is 0 Å². The van der Waals surface area contributed by atoms with Gasteiger partial charge in [-0.15, -0.1) is 0 Å². The lowest BCUT2D eigenvalue weighted by atomic mass is 10.2. The minimum absolute atomic E-state index is 0.626. The molecule has 0 unspecified atom stereocenters. The van der Waals surface area contributed by atoms with E-state index in [-0.39, 0.29) is 0 Å². The first-order valence-electron chi connectivity index (χ1n) is 6.74. The SMILES string of the molecule is CCOc1cccc(CNCc2ccccn2)c1OC. The average molecular weight is 272 g/mol. The minimum atomic E-state index is 0.626. The second-order valence-corrected chi connectivity index (χ2v) is 4.31. The molecule has 0 aliphatic rings. The summed E-state index contributed by atoms with van der Waals surface area (Å²) in [5.41, 5.74) is 2.10. The zero-order valence-electron chi connectivity index (χ0n) is 11.9. The van der Waals surface area contributed by atoms with Crippen LogP contribution >= 0.6 is 0 Å². The fourth-order valence-electron chi connectivity index (χ4n) is 2.03. The van der Waals surface area contributed by atoms with Crippen molar-refractivity contribution < 1.29 is 9.47 Å². The number of nitrogens with one attached hydrogen (secondary N) is 1. The van der Waals surface area contributed by atoms with E-state index in [1.54, 1.807) is 13.3 Å². The van der Waals surface area contributed by atoms with Gasteiger partial charge in [0, 0.05) is 24.8 Å². The Morgan fingerprint density at radius 2 is 2.00 bits per heavy atom. The van der Waals surface area contributed by atoms with Gasteiger partial charge < -0.3 is 14.8 Å². The molecule has 106 valence electrons. The number of methoxy groups -OCH3 is 1. The van der Waals surface area contributed by atoms with Gasteiger partial charge >= 0.3 is 0 Å². The first-order chi connectivity index (χ1) is 9.85.